The van der Waals surface area contributed by atoms with Crippen molar-refractivity contribution in [1.82, 2.24) is 4.90 Å². The third-order valence-electron chi connectivity index (χ3n) is 3.47. The molecule has 1 N–H and O–H groups in total. The molecule has 1 fully saturated rings. The summed E-state index contributed by atoms with van der Waals surface area (Å²) < 4.78 is 5.32. The van der Waals surface area contributed by atoms with Crippen LogP contribution in [0, 0.1) is 18.8 Å². The van der Waals surface area contributed by atoms with Crippen LogP contribution in [0.15, 0.2) is 22.6 Å². The molecule has 5 heteroatoms. The number of carboxylic acid groups (broad SMARTS) is 1. The Balaban J connectivity index is 1.83. The van der Waals surface area contributed by atoms with Crippen molar-refractivity contribution in [2.24, 2.45) is 11.8 Å². The number of aryl methyl sites for hydroxylation is 1. The topological polar surface area (TPSA) is 70.8 Å². The van der Waals surface area contributed by atoms with E-state index in [1.165, 1.54) is 6.08 Å². The van der Waals surface area contributed by atoms with Gasteiger partial charge in [-0.3, -0.25) is 9.59 Å². The second-order valence-corrected chi connectivity index (χ2v) is 4.91. The fraction of sp³-hybridized carbons (Fsp3) is 0.429. The summed E-state index contributed by atoms with van der Waals surface area (Å²) in [6.07, 6.45) is 3.09. The Morgan fingerprint density at radius 3 is 2.68 bits per heavy atom. The van der Waals surface area contributed by atoms with E-state index >= 15 is 0 Å². The molecule has 1 aliphatic heterocycles. The van der Waals surface area contributed by atoms with Gasteiger partial charge < -0.3 is 14.4 Å². The molecule has 102 valence electrons. The van der Waals surface area contributed by atoms with E-state index in [0.717, 1.165) is 5.76 Å². The van der Waals surface area contributed by atoms with Crippen LogP contribution in [-0.2, 0) is 9.59 Å². The number of furan rings is 1. The van der Waals surface area contributed by atoms with Crippen LogP contribution in [0.1, 0.15) is 18.4 Å². The molecule has 5 nitrogen and oxygen atoms in total. The molecule has 1 amide bonds. The highest BCUT2D eigenvalue weighted by Gasteiger charge is 2.36. The molecule has 1 aromatic heterocycles. The van der Waals surface area contributed by atoms with Gasteiger partial charge in [-0.2, -0.15) is 0 Å². The lowest BCUT2D eigenvalue weighted by Gasteiger charge is -2.40. The van der Waals surface area contributed by atoms with Gasteiger partial charge in [-0.15, -0.1) is 0 Å². The summed E-state index contributed by atoms with van der Waals surface area (Å²) in [6.45, 7) is 4.53. The molecule has 1 aromatic rings. The molecule has 0 radical (unpaired) electrons. The van der Waals surface area contributed by atoms with Crippen LogP contribution in [0.5, 0.6) is 0 Å². The molecule has 2 heterocycles. The number of carbonyl (C=O) groups is 2. The maximum Gasteiger partial charge on any atom is 0.306 e. The first kappa shape index (κ1) is 13.4. The van der Waals surface area contributed by atoms with Crippen LogP contribution < -0.4 is 0 Å². The minimum Gasteiger partial charge on any atom is -0.481 e. The van der Waals surface area contributed by atoms with E-state index < -0.39 is 11.9 Å². The summed E-state index contributed by atoms with van der Waals surface area (Å²) in [5.41, 5.74) is 0. The smallest absolute Gasteiger partial charge is 0.306 e. The first-order chi connectivity index (χ1) is 8.97. The Kier molecular flexibility index (Phi) is 3.74. The molecular weight excluding hydrogens is 246 g/mol. The minimum atomic E-state index is -0.807. The van der Waals surface area contributed by atoms with Crippen molar-refractivity contribution in [3.05, 3.63) is 29.7 Å². The number of hydrogen-bond donors (Lipinski definition) is 1. The Hall–Kier alpha value is -2.04. The van der Waals surface area contributed by atoms with Gasteiger partial charge in [-0.25, -0.2) is 0 Å². The van der Waals surface area contributed by atoms with Crippen LogP contribution in [0.2, 0.25) is 0 Å². The third-order valence-corrected chi connectivity index (χ3v) is 3.47. The van der Waals surface area contributed by atoms with Gasteiger partial charge in [0.15, 0.2) is 0 Å². The Morgan fingerprint density at radius 1 is 1.47 bits per heavy atom. The SMILES string of the molecule is Cc1ccc(/C=C/C(=O)N2CC(C(C)C(=O)O)C2)o1. The zero-order valence-electron chi connectivity index (χ0n) is 11.0. The number of carbonyl (C=O) groups excluding carboxylic acids is 1. The van der Waals surface area contributed by atoms with Crippen LogP contribution in [0.4, 0.5) is 0 Å². The number of likely N-dealkylation sites (tertiary alicyclic amines) is 1. The molecule has 0 aliphatic carbocycles. The van der Waals surface area contributed by atoms with Crippen molar-refractivity contribution >= 4 is 18.0 Å². The molecule has 1 atom stereocenters. The lowest BCUT2D eigenvalue weighted by Crippen LogP contribution is -2.53. The number of carboxylic acids is 1. The zero-order valence-corrected chi connectivity index (χ0v) is 11.0. The van der Waals surface area contributed by atoms with Gasteiger partial charge in [0.1, 0.15) is 11.5 Å². The number of hydrogen-bond acceptors (Lipinski definition) is 3. The lowest BCUT2D eigenvalue weighted by molar-refractivity contribution is -0.148. The summed E-state index contributed by atoms with van der Waals surface area (Å²) in [5, 5.41) is 8.87. The molecule has 0 spiro atoms. The molecule has 2 rings (SSSR count). The predicted molar refractivity (Wildman–Crippen MR) is 69.3 cm³/mol. The molecule has 1 aliphatic rings. The first-order valence-corrected chi connectivity index (χ1v) is 6.23. The van der Waals surface area contributed by atoms with Crippen molar-refractivity contribution in [3.8, 4) is 0 Å². The van der Waals surface area contributed by atoms with E-state index in [9.17, 15) is 9.59 Å². The van der Waals surface area contributed by atoms with Gasteiger partial charge in [-0.05, 0) is 25.1 Å². The number of amides is 1. The summed E-state index contributed by atoms with van der Waals surface area (Å²) in [4.78, 5) is 24.2. The van der Waals surface area contributed by atoms with Crippen molar-refractivity contribution in [2.75, 3.05) is 13.1 Å². The van der Waals surface area contributed by atoms with Gasteiger partial charge in [0.2, 0.25) is 5.91 Å². The number of aliphatic carboxylic acids is 1. The minimum absolute atomic E-state index is 0.0562. The quantitative estimate of drug-likeness (QED) is 0.840. The average molecular weight is 263 g/mol. The molecule has 0 aromatic carbocycles. The second kappa shape index (κ2) is 5.30. The fourth-order valence-corrected chi connectivity index (χ4v) is 2.01. The van der Waals surface area contributed by atoms with E-state index in [4.69, 9.17) is 9.52 Å². The second-order valence-electron chi connectivity index (χ2n) is 4.91. The van der Waals surface area contributed by atoms with Crippen molar-refractivity contribution in [2.45, 2.75) is 13.8 Å². The van der Waals surface area contributed by atoms with Gasteiger partial charge in [0.05, 0.1) is 5.92 Å². The largest absolute Gasteiger partial charge is 0.481 e. The highest BCUT2D eigenvalue weighted by molar-refractivity contribution is 5.92. The normalized spacial score (nSPS) is 17.5. The van der Waals surface area contributed by atoms with E-state index in [0.29, 0.717) is 18.8 Å². The van der Waals surface area contributed by atoms with E-state index in [2.05, 4.69) is 0 Å². The van der Waals surface area contributed by atoms with Crippen molar-refractivity contribution < 1.29 is 19.1 Å². The maximum absolute atomic E-state index is 11.8. The zero-order chi connectivity index (χ0) is 14.0. The molecule has 19 heavy (non-hydrogen) atoms. The summed E-state index contributed by atoms with van der Waals surface area (Å²) >= 11 is 0. The molecule has 0 bridgehead atoms. The number of nitrogens with zero attached hydrogens (tertiary/aromatic N) is 1. The summed E-state index contributed by atoms with van der Waals surface area (Å²) in [5.74, 6) is 0.177. The van der Waals surface area contributed by atoms with Gasteiger partial charge in [0.25, 0.3) is 0 Å². The maximum atomic E-state index is 11.8. The number of rotatable bonds is 4. The van der Waals surface area contributed by atoms with E-state index in [1.54, 1.807) is 24.0 Å². The van der Waals surface area contributed by atoms with Crippen molar-refractivity contribution in [1.29, 1.82) is 0 Å². The van der Waals surface area contributed by atoms with Gasteiger partial charge in [-0.1, -0.05) is 6.92 Å². The predicted octanol–water partition coefficient (Wildman–Crippen LogP) is 1.78. The average Bonchev–Trinajstić information content (AvgIpc) is 2.70. The highest BCUT2D eigenvalue weighted by Crippen LogP contribution is 2.24. The van der Waals surface area contributed by atoms with Crippen LogP contribution in [0.3, 0.4) is 0 Å². The Bertz CT molecular complexity index is 511. The Morgan fingerprint density at radius 2 is 2.16 bits per heavy atom. The Labute approximate surface area is 111 Å². The molecule has 1 saturated heterocycles. The van der Waals surface area contributed by atoms with Crippen molar-refractivity contribution in [3.63, 3.8) is 0 Å². The summed E-state index contributed by atoms with van der Waals surface area (Å²) in [6, 6.07) is 3.63. The standard InChI is InChI=1S/C14H17NO4/c1-9-3-4-12(19-9)5-6-13(16)15-7-11(8-15)10(2)14(17)18/h3-6,10-11H,7-8H2,1-2H3,(H,17,18)/b6-5+. The summed E-state index contributed by atoms with van der Waals surface area (Å²) in [7, 11) is 0. The third kappa shape index (κ3) is 3.05. The fourth-order valence-electron chi connectivity index (χ4n) is 2.01. The van der Waals surface area contributed by atoms with Gasteiger partial charge >= 0.3 is 5.97 Å². The van der Waals surface area contributed by atoms with Crippen LogP contribution in [0.25, 0.3) is 6.08 Å². The first-order valence-electron chi connectivity index (χ1n) is 6.23. The monoisotopic (exact) mass is 263 g/mol. The molecule has 0 saturated carbocycles. The van der Waals surface area contributed by atoms with E-state index in [-0.39, 0.29) is 11.8 Å². The van der Waals surface area contributed by atoms with Gasteiger partial charge in [0, 0.05) is 25.1 Å². The molecular formula is C14H17NO4. The van der Waals surface area contributed by atoms with E-state index in [1.807, 2.05) is 13.0 Å². The van der Waals surface area contributed by atoms with Crippen LogP contribution in [-0.4, -0.2) is 35.0 Å². The van der Waals surface area contributed by atoms with Crippen LogP contribution >= 0.6 is 0 Å². The highest BCUT2D eigenvalue weighted by atomic mass is 16.4. The lowest BCUT2D eigenvalue weighted by atomic mass is 9.87. The molecule has 1 unspecified atom stereocenters.